The van der Waals surface area contributed by atoms with Crippen molar-refractivity contribution in [1.29, 1.82) is 0 Å². The number of nitrogens with zero attached hydrogens (tertiary/aromatic N) is 2. The zero-order valence-electron chi connectivity index (χ0n) is 15.5. The van der Waals surface area contributed by atoms with Gasteiger partial charge in [-0.2, -0.15) is 0 Å². The molecule has 0 saturated carbocycles. The van der Waals surface area contributed by atoms with Gasteiger partial charge < -0.3 is 9.64 Å². The Morgan fingerprint density at radius 3 is 2.46 bits per heavy atom. The summed E-state index contributed by atoms with van der Waals surface area (Å²) in [6.45, 7) is 2.91. The Bertz CT molecular complexity index is 943. The number of aromatic nitrogens is 1. The number of hydrogen-bond donors (Lipinski definition) is 0. The van der Waals surface area contributed by atoms with Gasteiger partial charge in [0.25, 0.3) is 5.91 Å². The third kappa shape index (κ3) is 3.48. The average Bonchev–Trinajstić information content (AvgIpc) is 2.90. The molecule has 4 nitrogen and oxygen atoms in total. The number of methoxy groups -OCH3 is 1. The SMILES string of the molecule is COc1ccc2c(c1)c(CCN(C)C)c(C)n2C(=O)c1ccc(Cl)cc1. The smallest absolute Gasteiger partial charge is 0.262 e. The molecule has 0 N–H and O–H groups in total. The van der Waals surface area contributed by atoms with Crippen LogP contribution in [0.4, 0.5) is 0 Å². The maximum Gasteiger partial charge on any atom is 0.262 e. The van der Waals surface area contributed by atoms with Crippen molar-refractivity contribution in [3.05, 3.63) is 64.3 Å². The maximum absolute atomic E-state index is 13.2. The van der Waals surface area contributed by atoms with Crippen LogP contribution in [-0.4, -0.2) is 43.1 Å². The van der Waals surface area contributed by atoms with Crippen molar-refractivity contribution in [1.82, 2.24) is 9.47 Å². The highest BCUT2D eigenvalue weighted by atomic mass is 35.5. The van der Waals surface area contributed by atoms with E-state index in [1.54, 1.807) is 35.9 Å². The third-order valence-electron chi connectivity index (χ3n) is 4.65. The molecular formula is C21H23ClN2O2. The minimum Gasteiger partial charge on any atom is -0.497 e. The molecule has 1 heterocycles. The van der Waals surface area contributed by atoms with Gasteiger partial charge in [0.15, 0.2) is 0 Å². The van der Waals surface area contributed by atoms with Gasteiger partial charge in [-0.3, -0.25) is 9.36 Å². The summed E-state index contributed by atoms with van der Waals surface area (Å²) >= 11 is 5.96. The Kier molecular flexibility index (Phi) is 5.35. The lowest BCUT2D eigenvalue weighted by Gasteiger charge is -2.10. The minimum atomic E-state index is -0.0505. The van der Waals surface area contributed by atoms with Crippen LogP contribution in [0.3, 0.4) is 0 Å². The van der Waals surface area contributed by atoms with E-state index in [1.165, 1.54) is 5.56 Å². The van der Waals surface area contributed by atoms with Crippen LogP contribution in [0.25, 0.3) is 10.9 Å². The van der Waals surface area contributed by atoms with E-state index in [2.05, 4.69) is 4.90 Å². The van der Waals surface area contributed by atoms with Crippen LogP contribution in [-0.2, 0) is 6.42 Å². The van der Waals surface area contributed by atoms with E-state index in [1.807, 2.05) is 39.2 Å². The normalized spacial score (nSPS) is 11.3. The molecule has 0 amide bonds. The summed E-state index contributed by atoms with van der Waals surface area (Å²) in [5, 5.41) is 1.68. The Balaban J connectivity index is 2.16. The lowest BCUT2D eigenvalue weighted by molar-refractivity contribution is 0.0963. The fourth-order valence-corrected chi connectivity index (χ4v) is 3.35. The fourth-order valence-electron chi connectivity index (χ4n) is 3.22. The van der Waals surface area contributed by atoms with Crippen molar-refractivity contribution in [3.8, 4) is 5.75 Å². The molecule has 136 valence electrons. The van der Waals surface area contributed by atoms with Crippen LogP contribution in [0.2, 0.25) is 5.02 Å². The van der Waals surface area contributed by atoms with Crippen LogP contribution in [0.1, 0.15) is 21.6 Å². The van der Waals surface area contributed by atoms with Crippen molar-refractivity contribution in [2.24, 2.45) is 0 Å². The number of carbonyl (C=O) groups excluding carboxylic acids is 1. The second kappa shape index (κ2) is 7.52. The second-order valence-corrected chi connectivity index (χ2v) is 7.08. The van der Waals surface area contributed by atoms with Gasteiger partial charge in [-0.25, -0.2) is 0 Å². The maximum atomic E-state index is 13.2. The average molecular weight is 371 g/mol. The first-order valence-corrected chi connectivity index (χ1v) is 8.93. The molecule has 3 rings (SSSR count). The molecule has 0 aliphatic carbocycles. The zero-order valence-corrected chi connectivity index (χ0v) is 16.3. The second-order valence-electron chi connectivity index (χ2n) is 6.65. The number of halogens is 1. The zero-order chi connectivity index (χ0) is 18.8. The van der Waals surface area contributed by atoms with Gasteiger partial charge in [-0.1, -0.05) is 11.6 Å². The number of likely N-dealkylation sites (N-methyl/N-ethyl adjacent to an activating group) is 1. The summed E-state index contributed by atoms with van der Waals surface area (Å²) in [5.41, 5.74) is 3.66. The molecule has 0 aliphatic rings. The number of ether oxygens (including phenoxy) is 1. The Morgan fingerprint density at radius 1 is 1.15 bits per heavy atom. The van der Waals surface area contributed by atoms with E-state index in [0.717, 1.165) is 35.3 Å². The van der Waals surface area contributed by atoms with Crippen molar-refractivity contribution >= 4 is 28.4 Å². The Labute approximate surface area is 158 Å². The number of fused-ring (bicyclic) bond motifs is 1. The molecule has 5 heteroatoms. The standard InChI is InChI=1S/C21H23ClN2O2/c1-14-18(11-12-23(2)3)19-13-17(26-4)9-10-20(19)24(14)21(25)15-5-7-16(22)8-6-15/h5-10,13H,11-12H2,1-4H3. The molecule has 3 aromatic rings. The summed E-state index contributed by atoms with van der Waals surface area (Å²) in [7, 11) is 5.76. The van der Waals surface area contributed by atoms with Gasteiger partial charge in [0.1, 0.15) is 5.75 Å². The number of benzene rings is 2. The van der Waals surface area contributed by atoms with Crippen LogP contribution < -0.4 is 4.74 Å². The molecule has 1 aromatic heterocycles. The molecule has 0 fully saturated rings. The molecule has 0 unspecified atom stereocenters. The first-order chi connectivity index (χ1) is 12.4. The third-order valence-corrected chi connectivity index (χ3v) is 4.90. The largest absolute Gasteiger partial charge is 0.497 e. The predicted molar refractivity (Wildman–Crippen MR) is 107 cm³/mol. The van der Waals surface area contributed by atoms with Crippen LogP contribution in [0.15, 0.2) is 42.5 Å². The first-order valence-electron chi connectivity index (χ1n) is 8.55. The minimum absolute atomic E-state index is 0.0505. The van der Waals surface area contributed by atoms with Gasteiger partial charge in [0.2, 0.25) is 0 Å². The van der Waals surface area contributed by atoms with Gasteiger partial charge in [0, 0.05) is 28.2 Å². The summed E-state index contributed by atoms with van der Waals surface area (Å²) in [4.78, 5) is 15.3. The Morgan fingerprint density at radius 2 is 1.85 bits per heavy atom. The topological polar surface area (TPSA) is 34.5 Å². The van der Waals surface area contributed by atoms with Crippen LogP contribution in [0, 0.1) is 6.92 Å². The molecule has 0 bridgehead atoms. The summed E-state index contributed by atoms with van der Waals surface area (Å²) < 4.78 is 7.19. The van der Waals surface area contributed by atoms with Crippen molar-refractivity contribution in [2.45, 2.75) is 13.3 Å². The quantitative estimate of drug-likeness (QED) is 0.667. The highest BCUT2D eigenvalue weighted by Crippen LogP contribution is 2.30. The number of carbonyl (C=O) groups is 1. The van der Waals surface area contributed by atoms with Crippen LogP contribution >= 0.6 is 11.6 Å². The summed E-state index contributed by atoms with van der Waals surface area (Å²) in [5.74, 6) is 0.741. The fraction of sp³-hybridized carbons (Fsp3) is 0.286. The van der Waals surface area contributed by atoms with E-state index in [-0.39, 0.29) is 5.91 Å². The van der Waals surface area contributed by atoms with Gasteiger partial charge >= 0.3 is 0 Å². The van der Waals surface area contributed by atoms with E-state index in [4.69, 9.17) is 16.3 Å². The Hall–Kier alpha value is -2.30. The number of hydrogen-bond acceptors (Lipinski definition) is 3. The highest BCUT2D eigenvalue weighted by molar-refractivity contribution is 6.30. The van der Waals surface area contributed by atoms with Gasteiger partial charge in [0.05, 0.1) is 12.6 Å². The molecule has 2 aromatic carbocycles. The summed E-state index contributed by atoms with van der Waals surface area (Å²) in [6.07, 6.45) is 0.864. The molecule has 26 heavy (non-hydrogen) atoms. The van der Waals surface area contributed by atoms with Crippen molar-refractivity contribution < 1.29 is 9.53 Å². The molecule has 0 spiro atoms. The van der Waals surface area contributed by atoms with Crippen molar-refractivity contribution in [3.63, 3.8) is 0 Å². The lowest BCUT2D eigenvalue weighted by Crippen LogP contribution is -2.16. The van der Waals surface area contributed by atoms with E-state index >= 15 is 0 Å². The van der Waals surface area contributed by atoms with Gasteiger partial charge in [-0.15, -0.1) is 0 Å². The molecular weight excluding hydrogens is 348 g/mol. The highest BCUT2D eigenvalue weighted by Gasteiger charge is 2.20. The van der Waals surface area contributed by atoms with E-state index < -0.39 is 0 Å². The monoisotopic (exact) mass is 370 g/mol. The lowest BCUT2D eigenvalue weighted by atomic mass is 10.1. The van der Waals surface area contributed by atoms with E-state index in [0.29, 0.717) is 10.6 Å². The van der Waals surface area contributed by atoms with Crippen molar-refractivity contribution in [2.75, 3.05) is 27.7 Å². The predicted octanol–water partition coefficient (Wildman–Crippen LogP) is 4.40. The summed E-state index contributed by atoms with van der Waals surface area (Å²) in [6, 6.07) is 12.9. The number of rotatable bonds is 5. The molecule has 0 saturated heterocycles. The van der Waals surface area contributed by atoms with Gasteiger partial charge in [-0.05, 0) is 75.5 Å². The molecule has 0 radical (unpaired) electrons. The van der Waals surface area contributed by atoms with Crippen LogP contribution in [0.5, 0.6) is 5.75 Å². The molecule has 0 aliphatic heterocycles. The molecule has 0 atom stereocenters. The first kappa shape index (κ1) is 18.5. The van der Waals surface area contributed by atoms with E-state index in [9.17, 15) is 4.79 Å².